The van der Waals surface area contributed by atoms with Crippen molar-refractivity contribution in [1.29, 1.82) is 0 Å². The molecule has 4 rings (SSSR count). The molecule has 0 aliphatic heterocycles. The minimum absolute atomic E-state index is 0.0692. The zero-order valence-electron chi connectivity index (χ0n) is 18.0. The summed E-state index contributed by atoms with van der Waals surface area (Å²) in [6, 6.07) is 23.3. The molecule has 3 aromatic carbocycles. The third-order valence-corrected chi connectivity index (χ3v) is 8.18. The molecular formula is C26H31O3P. The van der Waals surface area contributed by atoms with Crippen molar-refractivity contribution in [1.82, 2.24) is 0 Å². The largest absolute Gasteiger partial charge is 0.421 e. The van der Waals surface area contributed by atoms with Crippen molar-refractivity contribution in [2.45, 2.75) is 46.1 Å². The molecule has 1 saturated carbocycles. The third-order valence-electron chi connectivity index (χ3n) is 6.25. The second kappa shape index (κ2) is 8.96. The Kier molecular flexibility index (Phi) is 6.32. The number of rotatable bonds is 6. The molecule has 158 valence electrons. The van der Waals surface area contributed by atoms with Gasteiger partial charge in [0, 0.05) is 0 Å². The van der Waals surface area contributed by atoms with Gasteiger partial charge in [-0.05, 0) is 65.6 Å². The minimum atomic E-state index is -3.54. The highest BCUT2D eigenvalue weighted by molar-refractivity contribution is 7.62. The number of hydrogen-bond acceptors (Lipinski definition) is 3. The number of benzene rings is 3. The van der Waals surface area contributed by atoms with Gasteiger partial charge in [0.05, 0.1) is 11.4 Å². The second-order valence-corrected chi connectivity index (χ2v) is 10.8. The van der Waals surface area contributed by atoms with Crippen molar-refractivity contribution >= 4 is 23.7 Å². The Morgan fingerprint density at radius 1 is 0.900 bits per heavy atom. The molecular weight excluding hydrogens is 391 g/mol. The summed E-state index contributed by atoms with van der Waals surface area (Å²) >= 11 is 0. The van der Waals surface area contributed by atoms with E-state index in [9.17, 15) is 4.57 Å². The van der Waals surface area contributed by atoms with Crippen LogP contribution in [0.25, 0.3) is 10.8 Å². The topological polar surface area (TPSA) is 35.5 Å². The van der Waals surface area contributed by atoms with Crippen molar-refractivity contribution < 1.29 is 13.6 Å². The van der Waals surface area contributed by atoms with Crippen molar-refractivity contribution in [2.24, 2.45) is 17.8 Å². The molecule has 0 amide bonds. The van der Waals surface area contributed by atoms with Crippen LogP contribution in [0.2, 0.25) is 0 Å². The predicted octanol–water partition coefficient (Wildman–Crippen LogP) is 7.21. The van der Waals surface area contributed by atoms with E-state index in [1.807, 2.05) is 66.7 Å². The molecule has 1 aliphatic rings. The molecule has 0 saturated heterocycles. The lowest BCUT2D eigenvalue weighted by atomic mass is 9.75. The first-order chi connectivity index (χ1) is 14.4. The normalized spacial score (nSPS) is 23.9. The van der Waals surface area contributed by atoms with Gasteiger partial charge in [-0.1, -0.05) is 75.7 Å². The van der Waals surface area contributed by atoms with Crippen molar-refractivity contribution in [2.75, 3.05) is 0 Å². The molecule has 0 radical (unpaired) electrons. The molecule has 0 aromatic heterocycles. The van der Waals surface area contributed by atoms with E-state index in [1.54, 1.807) is 0 Å². The van der Waals surface area contributed by atoms with Crippen LogP contribution < -0.4 is 9.83 Å². The zero-order valence-corrected chi connectivity index (χ0v) is 18.9. The van der Waals surface area contributed by atoms with Crippen LogP contribution in [0.4, 0.5) is 0 Å². The van der Waals surface area contributed by atoms with Gasteiger partial charge in [0.15, 0.2) is 0 Å². The van der Waals surface area contributed by atoms with Crippen LogP contribution in [0.3, 0.4) is 0 Å². The summed E-state index contributed by atoms with van der Waals surface area (Å²) in [7, 11) is -3.54. The molecule has 4 atom stereocenters. The zero-order chi connectivity index (χ0) is 21.1. The van der Waals surface area contributed by atoms with Crippen LogP contribution in [-0.4, -0.2) is 6.10 Å². The van der Waals surface area contributed by atoms with Crippen molar-refractivity contribution in [3.05, 3.63) is 72.8 Å². The summed E-state index contributed by atoms with van der Waals surface area (Å²) in [5.41, 5.74) is 0. The van der Waals surface area contributed by atoms with Crippen molar-refractivity contribution in [3.63, 3.8) is 0 Å². The smallest absolute Gasteiger partial charge is 0.411 e. The van der Waals surface area contributed by atoms with Gasteiger partial charge in [0.2, 0.25) is 0 Å². The first kappa shape index (κ1) is 21.2. The first-order valence-electron chi connectivity index (χ1n) is 11.0. The lowest BCUT2D eigenvalue weighted by Gasteiger charge is -2.38. The van der Waals surface area contributed by atoms with Crippen molar-refractivity contribution in [3.8, 4) is 5.75 Å². The standard InChI is InChI=1S/C26H31O3P/c1-19(2)25-16-13-20(3)17-26(25)29-30(27,24-11-5-4-6-12-24)28-23-15-14-21-9-7-8-10-22(21)18-23/h4-12,14-15,18-20,25-26H,13,16-17H2,1-3H3/t20-,25+,26-,30?/m1/s1. The highest BCUT2D eigenvalue weighted by atomic mass is 31.2. The molecule has 30 heavy (non-hydrogen) atoms. The summed E-state index contributed by atoms with van der Waals surface area (Å²) in [4.78, 5) is 0. The number of hydrogen-bond donors (Lipinski definition) is 0. The average molecular weight is 423 g/mol. The Balaban J connectivity index is 1.68. The summed E-state index contributed by atoms with van der Waals surface area (Å²) in [5.74, 6) is 2.01. The Morgan fingerprint density at radius 3 is 2.33 bits per heavy atom. The molecule has 1 unspecified atom stereocenters. The summed E-state index contributed by atoms with van der Waals surface area (Å²) < 4.78 is 26.9. The fourth-order valence-corrected chi connectivity index (χ4v) is 6.32. The van der Waals surface area contributed by atoms with Gasteiger partial charge in [-0.3, -0.25) is 4.52 Å². The average Bonchev–Trinajstić information content (AvgIpc) is 2.74. The Hall–Kier alpha value is -2.09. The molecule has 1 aliphatic carbocycles. The highest BCUT2D eigenvalue weighted by Crippen LogP contribution is 2.52. The van der Waals surface area contributed by atoms with Crippen LogP contribution >= 0.6 is 7.60 Å². The van der Waals surface area contributed by atoms with Gasteiger partial charge >= 0.3 is 7.60 Å². The van der Waals surface area contributed by atoms with Gasteiger partial charge in [-0.25, -0.2) is 4.57 Å². The predicted molar refractivity (Wildman–Crippen MR) is 124 cm³/mol. The van der Waals surface area contributed by atoms with Gasteiger partial charge in [0.1, 0.15) is 5.75 Å². The van der Waals surface area contributed by atoms with E-state index in [0.717, 1.165) is 23.6 Å². The number of fused-ring (bicyclic) bond motifs is 1. The SMILES string of the molecule is CC(C)[C@@H]1CC[C@@H](C)C[C@H]1OP(=O)(Oc1ccc2ccccc2c1)c1ccccc1. The van der Waals surface area contributed by atoms with Gasteiger partial charge < -0.3 is 4.52 Å². The Labute approximate surface area is 180 Å². The van der Waals surface area contributed by atoms with Gasteiger partial charge in [-0.15, -0.1) is 0 Å². The van der Waals surface area contributed by atoms with E-state index in [-0.39, 0.29) is 6.10 Å². The fourth-order valence-electron chi connectivity index (χ4n) is 4.52. The summed E-state index contributed by atoms with van der Waals surface area (Å²) in [6.45, 7) is 6.72. The molecule has 1 fully saturated rings. The Bertz CT molecular complexity index is 1030. The highest BCUT2D eigenvalue weighted by Gasteiger charge is 2.39. The maximum atomic E-state index is 14.2. The minimum Gasteiger partial charge on any atom is -0.421 e. The van der Waals surface area contributed by atoms with E-state index < -0.39 is 7.60 Å². The van der Waals surface area contributed by atoms with E-state index in [2.05, 4.69) is 26.8 Å². The molecule has 0 spiro atoms. The van der Waals surface area contributed by atoms with Crippen LogP contribution in [-0.2, 0) is 9.09 Å². The van der Waals surface area contributed by atoms with Crippen LogP contribution in [0, 0.1) is 17.8 Å². The lowest BCUT2D eigenvalue weighted by molar-refractivity contribution is 0.0414. The lowest BCUT2D eigenvalue weighted by Crippen LogP contribution is -2.35. The molecule has 3 aromatic rings. The molecule has 4 heteroatoms. The van der Waals surface area contributed by atoms with Crippen LogP contribution in [0.15, 0.2) is 72.8 Å². The van der Waals surface area contributed by atoms with E-state index in [1.165, 1.54) is 6.42 Å². The van der Waals surface area contributed by atoms with E-state index >= 15 is 0 Å². The summed E-state index contributed by atoms with van der Waals surface area (Å²) in [6.07, 6.45) is 3.15. The molecule has 0 heterocycles. The maximum Gasteiger partial charge on any atom is 0.411 e. The van der Waals surface area contributed by atoms with E-state index in [0.29, 0.717) is 28.8 Å². The molecule has 0 bridgehead atoms. The molecule has 0 N–H and O–H groups in total. The monoisotopic (exact) mass is 422 g/mol. The van der Waals surface area contributed by atoms with E-state index in [4.69, 9.17) is 9.05 Å². The second-order valence-electron chi connectivity index (χ2n) is 8.90. The van der Waals surface area contributed by atoms with Crippen LogP contribution in [0.1, 0.15) is 40.0 Å². The fraction of sp³-hybridized carbons (Fsp3) is 0.385. The first-order valence-corrected chi connectivity index (χ1v) is 12.5. The third kappa shape index (κ3) is 4.63. The van der Waals surface area contributed by atoms with Crippen LogP contribution in [0.5, 0.6) is 5.75 Å². The summed E-state index contributed by atoms with van der Waals surface area (Å²) in [5, 5.41) is 2.79. The quantitative estimate of drug-likeness (QED) is 0.394. The van der Waals surface area contributed by atoms with Gasteiger partial charge in [0.25, 0.3) is 0 Å². The van der Waals surface area contributed by atoms with Gasteiger partial charge in [-0.2, -0.15) is 0 Å². The Morgan fingerprint density at radius 2 is 1.60 bits per heavy atom. The molecule has 3 nitrogen and oxygen atoms in total. The maximum absolute atomic E-state index is 14.2.